The molecule has 0 spiro atoms. The van der Waals surface area contributed by atoms with Gasteiger partial charge >= 0.3 is 0 Å². The number of hydrogen-bond acceptors (Lipinski definition) is 5. The summed E-state index contributed by atoms with van der Waals surface area (Å²) >= 11 is 1.78. The maximum atomic E-state index is 12.4. The largest absolute Gasteiger partial charge is 0.469 e. The van der Waals surface area contributed by atoms with Gasteiger partial charge in [0.1, 0.15) is 5.76 Å². The third kappa shape index (κ3) is 6.02. The average molecular weight is 436 g/mol. The number of nitrogens with zero attached hydrogens (tertiary/aromatic N) is 2. The van der Waals surface area contributed by atoms with Gasteiger partial charge in [-0.2, -0.15) is 0 Å². The third-order valence-corrected chi connectivity index (χ3v) is 8.49. The number of thioether (sulfide) groups is 1. The van der Waals surface area contributed by atoms with Crippen molar-refractivity contribution < 1.29 is 12.8 Å². The molecule has 1 fully saturated rings. The SMILES string of the molecule is CC1(C)CN(C(=NCCc2ccco2)NCCSc2ccccc2)CCS1(=O)=O. The predicted molar refractivity (Wildman–Crippen MR) is 119 cm³/mol. The fourth-order valence-electron chi connectivity index (χ4n) is 3.17. The molecule has 158 valence electrons. The van der Waals surface area contributed by atoms with Gasteiger partial charge in [-0.1, -0.05) is 18.2 Å². The summed E-state index contributed by atoms with van der Waals surface area (Å²) in [5.41, 5.74) is 0. The van der Waals surface area contributed by atoms with E-state index >= 15 is 0 Å². The van der Waals surface area contributed by atoms with Gasteiger partial charge in [-0.05, 0) is 38.1 Å². The van der Waals surface area contributed by atoms with Crippen LogP contribution in [0.2, 0.25) is 0 Å². The lowest BCUT2D eigenvalue weighted by Gasteiger charge is -2.39. The van der Waals surface area contributed by atoms with Crippen LogP contribution in [0.15, 0.2) is 63.0 Å². The van der Waals surface area contributed by atoms with Gasteiger partial charge in [0.25, 0.3) is 0 Å². The van der Waals surface area contributed by atoms with E-state index in [1.807, 2.05) is 30.3 Å². The Balaban J connectivity index is 1.61. The first kappa shape index (κ1) is 21.8. The molecule has 0 amide bonds. The van der Waals surface area contributed by atoms with Gasteiger partial charge in [0.2, 0.25) is 0 Å². The van der Waals surface area contributed by atoms with Crippen LogP contribution in [0.1, 0.15) is 19.6 Å². The summed E-state index contributed by atoms with van der Waals surface area (Å²) in [4.78, 5) is 8.05. The molecule has 0 atom stereocenters. The van der Waals surface area contributed by atoms with E-state index in [9.17, 15) is 8.42 Å². The summed E-state index contributed by atoms with van der Waals surface area (Å²) in [6.07, 6.45) is 2.38. The van der Waals surface area contributed by atoms with Crippen molar-refractivity contribution in [1.82, 2.24) is 10.2 Å². The van der Waals surface area contributed by atoms with Crippen LogP contribution in [-0.4, -0.2) is 61.7 Å². The van der Waals surface area contributed by atoms with E-state index in [0.717, 1.165) is 24.0 Å². The number of aliphatic imine (C=N–C) groups is 1. The Morgan fingerprint density at radius 1 is 1.24 bits per heavy atom. The normalized spacial score (nSPS) is 18.6. The standard InChI is InChI=1S/C21H29N3O3S2/c1-21(2)17-24(13-16-29(21,25)26)20(22-11-10-18-7-6-14-27-18)23-12-15-28-19-8-4-3-5-9-19/h3-9,14H,10-13,15-17H2,1-2H3,(H,22,23). The minimum Gasteiger partial charge on any atom is -0.469 e. The Kier molecular flexibility index (Phi) is 7.29. The van der Waals surface area contributed by atoms with Crippen LogP contribution in [-0.2, 0) is 16.3 Å². The summed E-state index contributed by atoms with van der Waals surface area (Å²) in [6.45, 7) is 5.83. The van der Waals surface area contributed by atoms with Crippen LogP contribution >= 0.6 is 11.8 Å². The Labute approximate surface area is 177 Å². The maximum Gasteiger partial charge on any atom is 0.194 e. The van der Waals surface area contributed by atoms with Gasteiger partial charge in [-0.3, -0.25) is 4.99 Å². The lowest BCUT2D eigenvalue weighted by molar-refractivity contribution is 0.353. The second-order valence-corrected chi connectivity index (χ2v) is 11.5. The minimum atomic E-state index is -3.09. The number of hydrogen-bond donors (Lipinski definition) is 1. The van der Waals surface area contributed by atoms with Gasteiger partial charge in [-0.15, -0.1) is 11.8 Å². The zero-order chi connectivity index (χ0) is 20.7. The molecule has 0 unspecified atom stereocenters. The summed E-state index contributed by atoms with van der Waals surface area (Å²) in [5, 5.41) is 3.43. The lowest BCUT2D eigenvalue weighted by atomic mass is 10.2. The van der Waals surface area contributed by atoms with E-state index in [1.54, 1.807) is 31.9 Å². The lowest BCUT2D eigenvalue weighted by Crippen LogP contribution is -2.57. The maximum absolute atomic E-state index is 12.4. The van der Waals surface area contributed by atoms with E-state index in [1.165, 1.54) is 4.90 Å². The van der Waals surface area contributed by atoms with Crippen molar-refractivity contribution in [2.24, 2.45) is 4.99 Å². The molecule has 1 aromatic heterocycles. The minimum absolute atomic E-state index is 0.150. The molecule has 1 saturated heterocycles. The van der Waals surface area contributed by atoms with Crippen molar-refractivity contribution in [3.05, 3.63) is 54.5 Å². The monoisotopic (exact) mass is 435 g/mol. The molecule has 3 rings (SSSR count). The zero-order valence-electron chi connectivity index (χ0n) is 17.0. The van der Waals surface area contributed by atoms with Crippen LogP contribution < -0.4 is 5.32 Å². The topological polar surface area (TPSA) is 74.9 Å². The molecule has 6 nitrogen and oxygen atoms in total. The number of rotatable bonds is 7. The Hall–Kier alpha value is -1.93. The Bertz CT molecular complexity index is 895. The van der Waals surface area contributed by atoms with E-state index in [-0.39, 0.29) is 5.75 Å². The molecule has 1 aromatic carbocycles. The van der Waals surface area contributed by atoms with Crippen LogP contribution in [0.3, 0.4) is 0 Å². The molecular weight excluding hydrogens is 406 g/mol. The molecule has 0 bridgehead atoms. The van der Waals surface area contributed by atoms with E-state index in [4.69, 9.17) is 9.41 Å². The first-order valence-electron chi connectivity index (χ1n) is 9.83. The van der Waals surface area contributed by atoms with Gasteiger partial charge in [-0.25, -0.2) is 8.42 Å². The zero-order valence-corrected chi connectivity index (χ0v) is 18.6. The molecule has 1 aliphatic rings. The van der Waals surface area contributed by atoms with E-state index in [2.05, 4.69) is 22.3 Å². The molecule has 1 aliphatic heterocycles. The number of sulfone groups is 1. The van der Waals surface area contributed by atoms with Crippen LogP contribution in [0.25, 0.3) is 0 Å². The molecule has 1 N–H and O–H groups in total. The molecule has 2 heterocycles. The van der Waals surface area contributed by atoms with E-state index < -0.39 is 14.6 Å². The highest BCUT2D eigenvalue weighted by Crippen LogP contribution is 2.24. The van der Waals surface area contributed by atoms with Crippen molar-refractivity contribution in [2.45, 2.75) is 29.9 Å². The Morgan fingerprint density at radius 2 is 2.03 bits per heavy atom. The summed E-state index contributed by atoms with van der Waals surface area (Å²) in [5.74, 6) is 2.72. The van der Waals surface area contributed by atoms with Gasteiger partial charge in [0, 0.05) is 43.2 Å². The van der Waals surface area contributed by atoms with Crippen LogP contribution in [0, 0.1) is 0 Å². The second kappa shape index (κ2) is 9.71. The predicted octanol–water partition coefficient (Wildman–Crippen LogP) is 3.07. The van der Waals surface area contributed by atoms with Crippen molar-refractivity contribution in [3.63, 3.8) is 0 Å². The summed E-state index contributed by atoms with van der Waals surface area (Å²) in [6, 6.07) is 14.1. The highest BCUT2D eigenvalue weighted by molar-refractivity contribution is 7.99. The highest BCUT2D eigenvalue weighted by atomic mass is 32.2. The summed E-state index contributed by atoms with van der Waals surface area (Å²) < 4.78 is 29.3. The highest BCUT2D eigenvalue weighted by Gasteiger charge is 2.40. The molecular formula is C21H29N3O3S2. The van der Waals surface area contributed by atoms with Crippen molar-refractivity contribution in [1.29, 1.82) is 0 Å². The van der Waals surface area contributed by atoms with Crippen LogP contribution in [0.4, 0.5) is 0 Å². The molecule has 2 aromatic rings. The van der Waals surface area contributed by atoms with E-state index in [0.29, 0.717) is 26.1 Å². The van der Waals surface area contributed by atoms with Crippen molar-refractivity contribution in [3.8, 4) is 0 Å². The molecule has 0 radical (unpaired) electrons. The van der Waals surface area contributed by atoms with Crippen LogP contribution in [0.5, 0.6) is 0 Å². The molecule has 8 heteroatoms. The summed E-state index contributed by atoms with van der Waals surface area (Å²) in [7, 11) is -3.09. The molecule has 0 aliphatic carbocycles. The first-order chi connectivity index (χ1) is 13.9. The average Bonchev–Trinajstić information content (AvgIpc) is 3.20. The first-order valence-corrected chi connectivity index (χ1v) is 12.5. The molecule has 29 heavy (non-hydrogen) atoms. The smallest absolute Gasteiger partial charge is 0.194 e. The van der Waals surface area contributed by atoms with Gasteiger partial charge in [0.05, 0.1) is 16.8 Å². The molecule has 0 saturated carbocycles. The second-order valence-electron chi connectivity index (χ2n) is 7.62. The number of furan rings is 1. The van der Waals surface area contributed by atoms with Gasteiger partial charge in [0.15, 0.2) is 15.8 Å². The Morgan fingerprint density at radius 3 is 2.72 bits per heavy atom. The fourth-order valence-corrected chi connectivity index (χ4v) is 5.32. The fraction of sp³-hybridized carbons (Fsp3) is 0.476. The van der Waals surface area contributed by atoms with Gasteiger partial charge < -0.3 is 14.6 Å². The number of guanidine groups is 1. The van der Waals surface area contributed by atoms with Crippen molar-refractivity contribution >= 4 is 27.6 Å². The number of benzene rings is 1. The quantitative estimate of drug-likeness (QED) is 0.312. The number of nitrogens with one attached hydrogen (secondary N) is 1. The third-order valence-electron chi connectivity index (χ3n) is 4.94. The van der Waals surface area contributed by atoms with Crippen molar-refractivity contribution in [2.75, 3.05) is 37.7 Å².